The van der Waals surface area contributed by atoms with Gasteiger partial charge in [-0.05, 0) is 19.1 Å². The summed E-state index contributed by atoms with van der Waals surface area (Å²) in [4.78, 5) is 20.2. The number of carbonyl (C=O) groups excluding carboxylic acids is 1. The van der Waals surface area contributed by atoms with Crippen LogP contribution in [-0.2, 0) is 0 Å². The molecule has 8 heteroatoms. The molecular weight excluding hydrogens is 296 g/mol. The van der Waals surface area contributed by atoms with Gasteiger partial charge in [-0.3, -0.25) is 5.32 Å². The summed E-state index contributed by atoms with van der Waals surface area (Å²) >= 11 is 0. The Morgan fingerprint density at radius 1 is 1.35 bits per heavy atom. The first-order chi connectivity index (χ1) is 11.2. The van der Waals surface area contributed by atoms with Crippen LogP contribution in [0, 0.1) is 18.3 Å². The number of aromatic nitrogens is 2. The Kier molecular flexibility index (Phi) is 4.10. The van der Waals surface area contributed by atoms with Crippen molar-refractivity contribution >= 4 is 17.7 Å². The minimum absolute atomic E-state index is 0.198. The summed E-state index contributed by atoms with van der Waals surface area (Å²) in [5.41, 5.74) is 0.580. The highest BCUT2D eigenvalue weighted by Gasteiger charge is 2.22. The van der Waals surface area contributed by atoms with E-state index in [9.17, 15) is 4.79 Å². The Balaban J connectivity index is 1.57. The first-order valence-electron chi connectivity index (χ1n) is 7.26. The molecule has 0 unspecified atom stereocenters. The van der Waals surface area contributed by atoms with Crippen molar-refractivity contribution in [3.8, 4) is 6.07 Å². The van der Waals surface area contributed by atoms with Gasteiger partial charge < -0.3 is 14.3 Å². The molecule has 1 aliphatic rings. The van der Waals surface area contributed by atoms with Gasteiger partial charge in [0.1, 0.15) is 11.6 Å². The van der Waals surface area contributed by atoms with Gasteiger partial charge in [0.05, 0.1) is 11.6 Å². The van der Waals surface area contributed by atoms with Gasteiger partial charge in [-0.15, -0.1) is 0 Å². The molecule has 2 aromatic rings. The van der Waals surface area contributed by atoms with Crippen LogP contribution in [0.5, 0.6) is 0 Å². The number of nitriles is 1. The van der Waals surface area contributed by atoms with Gasteiger partial charge in [0.25, 0.3) is 0 Å². The van der Waals surface area contributed by atoms with Crippen LogP contribution in [-0.4, -0.2) is 47.3 Å². The molecule has 0 spiro atoms. The number of nitrogens with one attached hydrogen (secondary N) is 1. The number of nitrogens with zero attached hydrogens (tertiary/aromatic N) is 5. The monoisotopic (exact) mass is 312 g/mol. The van der Waals surface area contributed by atoms with E-state index < -0.39 is 0 Å². The van der Waals surface area contributed by atoms with E-state index in [1.807, 2.05) is 0 Å². The minimum Gasteiger partial charge on any atom is -0.360 e. The summed E-state index contributed by atoms with van der Waals surface area (Å²) in [7, 11) is 0. The van der Waals surface area contributed by atoms with E-state index in [-0.39, 0.29) is 6.03 Å². The zero-order valence-electron chi connectivity index (χ0n) is 12.7. The third-order valence-corrected chi connectivity index (χ3v) is 3.63. The molecule has 1 fully saturated rings. The second-order valence-corrected chi connectivity index (χ2v) is 5.24. The number of urea groups is 1. The highest BCUT2D eigenvalue weighted by molar-refractivity contribution is 5.88. The van der Waals surface area contributed by atoms with Gasteiger partial charge in [-0.25, -0.2) is 9.78 Å². The summed E-state index contributed by atoms with van der Waals surface area (Å²) in [6, 6.07) is 7.01. The molecule has 3 rings (SSSR count). The standard InChI is InChI=1S/C15H16N6O2/c1-11-8-13(19-23-11)18-15(22)21-6-4-20(5-7-21)14-9-12(10-16)2-3-17-14/h2-3,8-9H,4-7H2,1H3,(H,18,19,22). The summed E-state index contributed by atoms with van der Waals surface area (Å²) in [5.74, 6) is 1.82. The van der Waals surface area contributed by atoms with Crippen molar-refractivity contribution in [3.05, 3.63) is 35.7 Å². The number of anilines is 2. The van der Waals surface area contributed by atoms with Crippen LogP contribution in [0.1, 0.15) is 11.3 Å². The molecule has 8 nitrogen and oxygen atoms in total. The van der Waals surface area contributed by atoms with Crippen molar-refractivity contribution < 1.29 is 9.32 Å². The van der Waals surface area contributed by atoms with Crippen LogP contribution in [0.25, 0.3) is 0 Å². The molecule has 1 saturated heterocycles. The third-order valence-electron chi connectivity index (χ3n) is 3.63. The normalized spacial score (nSPS) is 14.4. The Labute approximate surface area is 133 Å². The average molecular weight is 312 g/mol. The summed E-state index contributed by atoms with van der Waals surface area (Å²) in [6.07, 6.45) is 1.62. The van der Waals surface area contributed by atoms with Crippen LogP contribution in [0.15, 0.2) is 28.9 Å². The SMILES string of the molecule is Cc1cc(NC(=O)N2CCN(c3cc(C#N)ccn3)CC2)no1. The smallest absolute Gasteiger partial charge is 0.323 e. The zero-order chi connectivity index (χ0) is 16.2. The highest BCUT2D eigenvalue weighted by Crippen LogP contribution is 2.15. The van der Waals surface area contributed by atoms with Gasteiger partial charge in [0.2, 0.25) is 0 Å². The number of rotatable bonds is 2. The van der Waals surface area contributed by atoms with Crippen LogP contribution in [0.3, 0.4) is 0 Å². The minimum atomic E-state index is -0.198. The van der Waals surface area contributed by atoms with E-state index in [4.69, 9.17) is 9.78 Å². The Morgan fingerprint density at radius 3 is 2.78 bits per heavy atom. The second kappa shape index (κ2) is 6.36. The van der Waals surface area contributed by atoms with Gasteiger partial charge >= 0.3 is 6.03 Å². The molecule has 3 heterocycles. The molecule has 0 radical (unpaired) electrons. The maximum absolute atomic E-state index is 12.2. The van der Waals surface area contributed by atoms with Crippen molar-refractivity contribution in [2.75, 3.05) is 36.4 Å². The molecule has 0 bridgehead atoms. The second-order valence-electron chi connectivity index (χ2n) is 5.24. The van der Waals surface area contributed by atoms with E-state index in [1.54, 1.807) is 36.2 Å². The predicted molar refractivity (Wildman–Crippen MR) is 83.0 cm³/mol. The van der Waals surface area contributed by atoms with E-state index in [2.05, 4.69) is 26.4 Å². The van der Waals surface area contributed by atoms with Crippen LogP contribution < -0.4 is 10.2 Å². The van der Waals surface area contributed by atoms with Crippen molar-refractivity contribution in [2.45, 2.75) is 6.92 Å². The molecule has 0 aromatic carbocycles. The van der Waals surface area contributed by atoms with Crippen molar-refractivity contribution in [2.24, 2.45) is 0 Å². The molecule has 0 aliphatic carbocycles. The van der Waals surface area contributed by atoms with E-state index in [0.29, 0.717) is 43.3 Å². The first kappa shape index (κ1) is 14.8. The molecule has 0 saturated carbocycles. The molecule has 2 amide bonds. The third kappa shape index (κ3) is 3.40. The Hall–Kier alpha value is -3.08. The van der Waals surface area contributed by atoms with Crippen LogP contribution in [0.2, 0.25) is 0 Å². The number of amides is 2. The molecule has 2 aromatic heterocycles. The molecular formula is C15H16N6O2. The fourth-order valence-electron chi connectivity index (χ4n) is 2.41. The van der Waals surface area contributed by atoms with Crippen LogP contribution in [0.4, 0.5) is 16.4 Å². The van der Waals surface area contributed by atoms with Crippen molar-refractivity contribution in [1.82, 2.24) is 15.0 Å². The maximum Gasteiger partial charge on any atom is 0.323 e. The summed E-state index contributed by atoms with van der Waals surface area (Å²) in [5, 5.41) is 15.4. The Morgan fingerprint density at radius 2 is 2.13 bits per heavy atom. The lowest BCUT2D eigenvalue weighted by molar-refractivity contribution is 0.208. The Bertz CT molecular complexity index is 742. The number of hydrogen-bond acceptors (Lipinski definition) is 6. The van der Waals surface area contributed by atoms with E-state index >= 15 is 0 Å². The lowest BCUT2D eigenvalue weighted by Crippen LogP contribution is -2.50. The number of pyridine rings is 1. The fraction of sp³-hybridized carbons (Fsp3) is 0.333. The number of aryl methyl sites for hydroxylation is 1. The fourth-order valence-corrected chi connectivity index (χ4v) is 2.41. The summed E-state index contributed by atoms with van der Waals surface area (Å²) < 4.78 is 4.92. The molecule has 1 N–H and O–H groups in total. The van der Waals surface area contributed by atoms with Crippen molar-refractivity contribution in [3.63, 3.8) is 0 Å². The first-order valence-corrected chi connectivity index (χ1v) is 7.26. The van der Waals surface area contributed by atoms with Crippen LogP contribution >= 0.6 is 0 Å². The topological polar surface area (TPSA) is 98.3 Å². The van der Waals surface area contributed by atoms with E-state index in [0.717, 1.165) is 5.82 Å². The largest absolute Gasteiger partial charge is 0.360 e. The number of piperazine rings is 1. The molecule has 118 valence electrons. The highest BCUT2D eigenvalue weighted by atomic mass is 16.5. The average Bonchev–Trinajstić information content (AvgIpc) is 3.00. The number of carbonyl (C=O) groups is 1. The molecule has 23 heavy (non-hydrogen) atoms. The van der Waals surface area contributed by atoms with Gasteiger partial charge in [-0.1, -0.05) is 5.16 Å². The van der Waals surface area contributed by atoms with Gasteiger partial charge in [0, 0.05) is 38.4 Å². The maximum atomic E-state index is 12.2. The van der Waals surface area contributed by atoms with E-state index in [1.165, 1.54) is 0 Å². The summed E-state index contributed by atoms with van der Waals surface area (Å²) in [6.45, 7) is 4.23. The zero-order valence-corrected chi connectivity index (χ0v) is 12.7. The molecule has 0 atom stereocenters. The number of hydrogen-bond donors (Lipinski definition) is 1. The van der Waals surface area contributed by atoms with Gasteiger partial charge in [0.15, 0.2) is 5.82 Å². The molecule has 1 aliphatic heterocycles. The quantitative estimate of drug-likeness (QED) is 0.904. The lowest BCUT2D eigenvalue weighted by Gasteiger charge is -2.35. The van der Waals surface area contributed by atoms with Gasteiger partial charge in [-0.2, -0.15) is 5.26 Å². The van der Waals surface area contributed by atoms with Crippen molar-refractivity contribution in [1.29, 1.82) is 5.26 Å². The lowest BCUT2D eigenvalue weighted by atomic mass is 10.2. The predicted octanol–water partition coefficient (Wildman–Crippen LogP) is 1.60.